The Kier molecular flexibility index (Phi) is 4.69. The molecule has 0 aromatic heterocycles. The highest BCUT2D eigenvalue weighted by molar-refractivity contribution is 7.89. The average Bonchev–Trinajstić information content (AvgIpc) is 2.60. The smallest absolute Gasteiger partial charge is 0.241 e. The molecule has 1 aromatic carbocycles. The highest BCUT2D eigenvalue weighted by Crippen LogP contribution is 2.35. The molecule has 2 heterocycles. The second-order valence-corrected chi connectivity index (χ2v) is 7.76. The number of rotatable bonds is 3. The number of hydrogen-bond acceptors (Lipinski definition) is 5. The Morgan fingerprint density at radius 3 is 2.38 bits per heavy atom. The third kappa shape index (κ3) is 3.08. The van der Waals surface area contributed by atoms with Crippen LogP contribution in [-0.4, -0.2) is 52.6 Å². The molecule has 1 amide bonds. The van der Waals surface area contributed by atoms with E-state index in [9.17, 15) is 13.2 Å². The minimum Gasteiger partial charge on any atom is -0.493 e. The summed E-state index contributed by atoms with van der Waals surface area (Å²) in [5, 5.41) is 0. The van der Waals surface area contributed by atoms with Crippen molar-refractivity contribution in [1.82, 2.24) is 9.62 Å². The van der Waals surface area contributed by atoms with Gasteiger partial charge in [-0.15, -0.1) is 0 Å². The van der Waals surface area contributed by atoms with Gasteiger partial charge in [0.2, 0.25) is 15.9 Å². The molecule has 0 saturated carbocycles. The molecule has 1 N–H and O–H groups in total. The van der Waals surface area contributed by atoms with Gasteiger partial charge in [0.25, 0.3) is 0 Å². The summed E-state index contributed by atoms with van der Waals surface area (Å²) in [6.45, 7) is 1.38. The van der Waals surface area contributed by atoms with E-state index < -0.39 is 16.1 Å². The van der Waals surface area contributed by atoms with Crippen LogP contribution in [0.25, 0.3) is 0 Å². The van der Waals surface area contributed by atoms with E-state index in [0.717, 1.165) is 19.3 Å². The van der Waals surface area contributed by atoms with Crippen LogP contribution in [0.3, 0.4) is 0 Å². The summed E-state index contributed by atoms with van der Waals surface area (Å²) in [6, 6.07) is 2.32. The first-order valence-corrected chi connectivity index (χ1v) is 9.50. The van der Waals surface area contributed by atoms with Gasteiger partial charge in [0.05, 0.1) is 19.1 Å². The van der Waals surface area contributed by atoms with Crippen molar-refractivity contribution in [2.75, 3.05) is 27.3 Å². The van der Waals surface area contributed by atoms with Crippen LogP contribution in [0.15, 0.2) is 17.0 Å². The number of sulfonamides is 1. The lowest BCUT2D eigenvalue weighted by atomic mass is 10.0. The maximum absolute atomic E-state index is 12.7. The van der Waals surface area contributed by atoms with Gasteiger partial charge in [0, 0.05) is 19.2 Å². The molecule has 2 aliphatic heterocycles. The maximum atomic E-state index is 12.7. The summed E-state index contributed by atoms with van der Waals surface area (Å²) in [6.07, 6.45) is 3.35. The number of carbonyl (C=O) groups is 1. The van der Waals surface area contributed by atoms with E-state index in [1.54, 1.807) is 11.0 Å². The molecule has 1 fully saturated rings. The van der Waals surface area contributed by atoms with Crippen molar-refractivity contribution in [3.8, 4) is 11.5 Å². The fourth-order valence-electron chi connectivity index (χ4n) is 3.30. The minimum atomic E-state index is -3.77. The van der Waals surface area contributed by atoms with Gasteiger partial charge in [-0.1, -0.05) is 0 Å². The Balaban J connectivity index is 1.93. The Morgan fingerprint density at radius 1 is 1.12 bits per heavy atom. The molecule has 1 unspecified atom stereocenters. The fraction of sp³-hybridized carbons (Fsp3) is 0.562. The van der Waals surface area contributed by atoms with Crippen molar-refractivity contribution in [1.29, 1.82) is 0 Å². The second-order valence-electron chi connectivity index (χ2n) is 6.08. The monoisotopic (exact) mass is 354 g/mol. The second kappa shape index (κ2) is 6.60. The Bertz CT molecular complexity index is 741. The van der Waals surface area contributed by atoms with Gasteiger partial charge in [0.15, 0.2) is 11.5 Å². The molecule has 1 aromatic rings. The number of likely N-dealkylation sites (tertiary alicyclic amines) is 1. The van der Waals surface area contributed by atoms with E-state index in [0.29, 0.717) is 36.6 Å². The predicted molar refractivity (Wildman–Crippen MR) is 87.8 cm³/mol. The zero-order chi connectivity index (χ0) is 17.3. The van der Waals surface area contributed by atoms with Crippen molar-refractivity contribution in [2.24, 2.45) is 0 Å². The number of amides is 1. The van der Waals surface area contributed by atoms with Crippen LogP contribution in [0, 0.1) is 0 Å². The topological polar surface area (TPSA) is 84.9 Å². The summed E-state index contributed by atoms with van der Waals surface area (Å²) in [5.41, 5.74) is 0.571. The number of carbonyl (C=O) groups excluding carboxylic acids is 1. The van der Waals surface area contributed by atoms with Crippen LogP contribution in [0.4, 0.5) is 0 Å². The number of nitrogens with zero attached hydrogens (tertiary/aromatic N) is 1. The molecule has 0 radical (unpaired) electrons. The number of fused-ring (bicyclic) bond motifs is 1. The Hall–Kier alpha value is -1.80. The Morgan fingerprint density at radius 2 is 1.75 bits per heavy atom. The summed E-state index contributed by atoms with van der Waals surface area (Å²) in [4.78, 5) is 14.6. The van der Waals surface area contributed by atoms with E-state index >= 15 is 0 Å². The molecule has 3 rings (SSSR count). The third-order valence-electron chi connectivity index (χ3n) is 4.54. The van der Waals surface area contributed by atoms with Gasteiger partial charge >= 0.3 is 0 Å². The van der Waals surface area contributed by atoms with Crippen molar-refractivity contribution < 1.29 is 22.7 Å². The van der Waals surface area contributed by atoms with Gasteiger partial charge in [-0.2, -0.15) is 4.72 Å². The first-order chi connectivity index (χ1) is 11.5. The summed E-state index contributed by atoms with van der Waals surface area (Å²) < 4.78 is 38.1. The lowest BCUT2D eigenvalue weighted by Gasteiger charge is -2.33. The number of benzene rings is 1. The quantitative estimate of drug-likeness (QED) is 0.872. The van der Waals surface area contributed by atoms with E-state index in [1.807, 2.05) is 0 Å². The molecule has 0 bridgehead atoms. The van der Waals surface area contributed by atoms with Crippen LogP contribution >= 0.6 is 0 Å². The van der Waals surface area contributed by atoms with Gasteiger partial charge in [-0.25, -0.2) is 8.42 Å². The number of methoxy groups -OCH3 is 2. The van der Waals surface area contributed by atoms with Gasteiger partial charge in [0.1, 0.15) is 6.04 Å². The fourth-order valence-corrected chi connectivity index (χ4v) is 4.73. The SMILES string of the molecule is COc1cc2c(cc1OC)S(=O)(=O)NC(C(=O)N1CCCCC1)C2. The lowest BCUT2D eigenvalue weighted by molar-refractivity contribution is -0.133. The molecule has 1 atom stereocenters. The van der Waals surface area contributed by atoms with Crippen molar-refractivity contribution >= 4 is 15.9 Å². The minimum absolute atomic E-state index is 0.142. The number of piperidine rings is 1. The van der Waals surface area contributed by atoms with Crippen LogP contribution in [-0.2, 0) is 21.2 Å². The summed E-state index contributed by atoms with van der Waals surface area (Å²) >= 11 is 0. The van der Waals surface area contributed by atoms with Gasteiger partial charge in [-0.3, -0.25) is 4.79 Å². The van der Waals surface area contributed by atoms with Gasteiger partial charge < -0.3 is 14.4 Å². The highest BCUT2D eigenvalue weighted by atomic mass is 32.2. The van der Waals surface area contributed by atoms with Crippen LogP contribution in [0.5, 0.6) is 11.5 Å². The Labute approximate surface area is 142 Å². The zero-order valence-corrected chi connectivity index (χ0v) is 14.7. The van der Waals surface area contributed by atoms with Gasteiger partial charge in [-0.05, 0) is 37.3 Å². The van der Waals surface area contributed by atoms with Crippen LogP contribution in [0.1, 0.15) is 24.8 Å². The van der Waals surface area contributed by atoms with Crippen molar-refractivity contribution in [3.63, 3.8) is 0 Å². The van der Waals surface area contributed by atoms with Crippen molar-refractivity contribution in [3.05, 3.63) is 17.7 Å². The number of hydrogen-bond donors (Lipinski definition) is 1. The molecule has 8 heteroatoms. The first-order valence-electron chi connectivity index (χ1n) is 8.02. The molecule has 132 valence electrons. The van der Waals surface area contributed by atoms with E-state index in [-0.39, 0.29) is 10.8 Å². The highest BCUT2D eigenvalue weighted by Gasteiger charge is 2.36. The lowest BCUT2D eigenvalue weighted by Crippen LogP contribution is -2.53. The zero-order valence-electron chi connectivity index (χ0n) is 13.9. The normalized spacial score (nSPS) is 22.6. The summed E-state index contributed by atoms with van der Waals surface area (Å²) in [5.74, 6) is 0.652. The molecular formula is C16H22N2O5S. The largest absolute Gasteiger partial charge is 0.493 e. The molecule has 24 heavy (non-hydrogen) atoms. The molecule has 0 aliphatic carbocycles. The molecule has 1 saturated heterocycles. The van der Waals surface area contributed by atoms with Crippen molar-refractivity contribution in [2.45, 2.75) is 36.6 Å². The average molecular weight is 354 g/mol. The number of ether oxygens (including phenoxy) is 2. The molecule has 0 spiro atoms. The first kappa shape index (κ1) is 17.0. The maximum Gasteiger partial charge on any atom is 0.241 e. The van der Waals surface area contributed by atoms with Crippen LogP contribution < -0.4 is 14.2 Å². The van der Waals surface area contributed by atoms with Crippen LogP contribution in [0.2, 0.25) is 0 Å². The summed E-state index contributed by atoms with van der Waals surface area (Å²) in [7, 11) is -0.815. The standard InChI is InChI=1S/C16H22N2O5S/c1-22-13-9-11-8-12(16(19)18-6-4-3-5-7-18)17-24(20,21)15(11)10-14(13)23-2/h9-10,12,17H,3-8H2,1-2H3. The number of nitrogens with one attached hydrogen (secondary N) is 1. The predicted octanol–water partition coefficient (Wildman–Crippen LogP) is 0.919. The van der Waals surface area contributed by atoms with E-state index in [1.165, 1.54) is 20.3 Å². The molecule has 7 nitrogen and oxygen atoms in total. The third-order valence-corrected chi connectivity index (χ3v) is 6.10. The van der Waals surface area contributed by atoms with E-state index in [4.69, 9.17) is 9.47 Å². The van der Waals surface area contributed by atoms with E-state index in [2.05, 4.69) is 4.72 Å². The molecular weight excluding hydrogens is 332 g/mol. The molecule has 2 aliphatic rings.